The number of ketones is 2. The molecule has 3 fully saturated rings. The molecule has 0 saturated heterocycles. The van der Waals surface area contributed by atoms with Crippen LogP contribution in [0, 0.1) is 10.8 Å². The number of carboxylic acid groups (broad SMARTS) is 2. The third-order valence-electron chi connectivity index (χ3n) is 4.02. The van der Waals surface area contributed by atoms with Crippen LogP contribution in [-0.4, -0.2) is 33.7 Å². The van der Waals surface area contributed by atoms with Gasteiger partial charge in [0, 0.05) is 12.8 Å². The fourth-order valence-electron chi connectivity index (χ4n) is 2.83. The summed E-state index contributed by atoms with van der Waals surface area (Å²) in [6.45, 7) is 0. The van der Waals surface area contributed by atoms with E-state index in [1.807, 2.05) is 0 Å². The van der Waals surface area contributed by atoms with E-state index in [0.29, 0.717) is 0 Å². The highest BCUT2D eigenvalue weighted by Crippen LogP contribution is 2.50. The van der Waals surface area contributed by atoms with E-state index >= 15 is 0 Å². The third kappa shape index (κ3) is 1.33. The highest BCUT2D eigenvalue weighted by molar-refractivity contribution is 6.17. The first-order chi connectivity index (χ1) is 7.85. The molecule has 0 heterocycles. The molecule has 6 heteroatoms. The van der Waals surface area contributed by atoms with Gasteiger partial charge >= 0.3 is 11.9 Å². The SMILES string of the molecule is O=C(O)[C@]12CCC[C@](C(=O)O)(CC1=O)C(=O)C2. The Balaban J connectivity index is 2.52. The molecule has 0 aromatic carbocycles. The quantitative estimate of drug-likeness (QED) is 0.669. The van der Waals surface area contributed by atoms with E-state index in [9.17, 15) is 19.2 Å². The molecule has 3 rings (SSSR count). The van der Waals surface area contributed by atoms with E-state index in [1.165, 1.54) is 0 Å². The average Bonchev–Trinajstić information content (AvgIpc) is 2.46. The molecular formula is C11H12O6. The first kappa shape index (κ1) is 11.8. The summed E-state index contributed by atoms with van der Waals surface area (Å²) in [5.74, 6) is -3.86. The van der Waals surface area contributed by atoms with Crippen molar-refractivity contribution in [3.8, 4) is 0 Å². The summed E-state index contributed by atoms with van der Waals surface area (Å²) < 4.78 is 0. The lowest BCUT2D eigenvalue weighted by Gasteiger charge is -2.35. The normalized spacial score (nSPS) is 36.7. The summed E-state index contributed by atoms with van der Waals surface area (Å²) >= 11 is 0. The zero-order chi connectivity index (χ0) is 12.8. The van der Waals surface area contributed by atoms with Crippen molar-refractivity contribution >= 4 is 23.5 Å². The topological polar surface area (TPSA) is 109 Å². The predicted molar refractivity (Wildman–Crippen MR) is 53.2 cm³/mol. The van der Waals surface area contributed by atoms with Gasteiger partial charge in [-0.1, -0.05) is 6.42 Å². The molecule has 3 aliphatic rings. The van der Waals surface area contributed by atoms with Gasteiger partial charge in [0.15, 0.2) is 11.6 Å². The van der Waals surface area contributed by atoms with Crippen LogP contribution in [-0.2, 0) is 19.2 Å². The van der Waals surface area contributed by atoms with Crippen LogP contribution in [0.25, 0.3) is 0 Å². The van der Waals surface area contributed by atoms with E-state index in [-0.39, 0.29) is 19.3 Å². The van der Waals surface area contributed by atoms with Crippen molar-refractivity contribution in [2.45, 2.75) is 32.1 Å². The van der Waals surface area contributed by atoms with Crippen LogP contribution >= 0.6 is 0 Å². The van der Waals surface area contributed by atoms with E-state index in [0.717, 1.165) is 0 Å². The van der Waals surface area contributed by atoms with Gasteiger partial charge in [0.2, 0.25) is 0 Å². The van der Waals surface area contributed by atoms with Crippen LogP contribution in [0.15, 0.2) is 0 Å². The lowest BCUT2D eigenvalue weighted by Crippen LogP contribution is -2.52. The van der Waals surface area contributed by atoms with Crippen molar-refractivity contribution in [1.29, 1.82) is 0 Å². The molecule has 0 radical (unpaired) electrons. The van der Waals surface area contributed by atoms with Crippen molar-refractivity contribution in [2.75, 3.05) is 0 Å². The van der Waals surface area contributed by atoms with Gasteiger partial charge in [-0.05, 0) is 12.8 Å². The largest absolute Gasteiger partial charge is 0.480 e. The number of hydrogen-bond donors (Lipinski definition) is 2. The zero-order valence-electron chi connectivity index (χ0n) is 9.06. The van der Waals surface area contributed by atoms with Gasteiger partial charge in [0.1, 0.15) is 10.8 Å². The number of Topliss-reactive ketones (excluding diaryl/α,β-unsaturated/α-hetero) is 2. The summed E-state index contributed by atoms with van der Waals surface area (Å²) in [5.41, 5.74) is -3.35. The fraction of sp³-hybridized carbons (Fsp3) is 0.636. The maximum Gasteiger partial charge on any atom is 0.317 e. The van der Waals surface area contributed by atoms with E-state index in [4.69, 9.17) is 10.2 Å². The molecule has 0 spiro atoms. The number of carbonyl (C=O) groups excluding carboxylic acids is 2. The van der Waals surface area contributed by atoms with Gasteiger partial charge in [-0.2, -0.15) is 0 Å². The van der Waals surface area contributed by atoms with E-state index in [1.54, 1.807) is 0 Å². The number of carboxylic acids is 2. The Morgan fingerprint density at radius 1 is 0.882 bits per heavy atom. The van der Waals surface area contributed by atoms with Crippen LogP contribution in [0.2, 0.25) is 0 Å². The van der Waals surface area contributed by atoms with Gasteiger partial charge in [-0.3, -0.25) is 19.2 Å². The molecule has 0 aliphatic heterocycles. The monoisotopic (exact) mass is 240 g/mol. The maximum atomic E-state index is 11.9. The van der Waals surface area contributed by atoms with Crippen molar-refractivity contribution in [3.63, 3.8) is 0 Å². The summed E-state index contributed by atoms with van der Waals surface area (Å²) in [6, 6.07) is 0. The minimum atomic E-state index is -1.67. The minimum absolute atomic E-state index is 0.0575. The highest BCUT2D eigenvalue weighted by Gasteiger charge is 2.62. The molecular weight excluding hydrogens is 228 g/mol. The molecule has 0 aromatic heterocycles. The second kappa shape index (κ2) is 3.38. The maximum absolute atomic E-state index is 11.9. The molecule has 3 aliphatic carbocycles. The van der Waals surface area contributed by atoms with E-state index < -0.39 is 47.2 Å². The molecule has 2 atom stereocenters. The summed E-state index contributed by atoms with van der Waals surface area (Å²) in [4.78, 5) is 46.2. The zero-order valence-corrected chi connectivity index (χ0v) is 9.06. The van der Waals surface area contributed by atoms with Gasteiger partial charge in [-0.15, -0.1) is 0 Å². The number of carbonyl (C=O) groups is 4. The molecule has 2 bridgehead atoms. The Bertz CT molecular complexity index is 399. The van der Waals surface area contributed by atoms with Crippen molar-refractivity contribution < 1.29 is 29.4 Å². The standard InChI is InChI=1S/C11H12O6/c12-6-5-11(9(16)17)3-1-2-10(6,8(14)15)4-7(11)13/h1-5H2,(H,14,15)(H,16,17)/t10-,11-/m0/s1. The molecule has 92 valence electrons. The van der Waals surface area contributed by atoms with E-state index in [2.05, 4.69) is 0 Å². The van der Waals surface area contributed by atoms with Gasteiger partial charge in [0.25, 0.3) is 0 Å². The van der Waals surface area contributed by atoms with Crippen LogP contribution in [0.4, 0.5) is 0 Å². The smallest absolute Gasteiger partial charge is 0.317 e. The second-order valence-electron chi connectivity index (χ2n) is 4.83. The van der Waals surface area contributed by atoms with Crippen molar-refractivity contribution in [3.05, 3.63) is 0 Å². The lowest BCUT2D eigenvalue weighted by molar-refractivity contribution is -0.169. The molecule has 0 amide bonds. The van der Waals surface area contributed by atoms with Gasteiger partial charge in [0.05, 0.1) is 0 Å². The summed E-state index contributed by atoms with van der Waals surface area (Å²) in [5, 5.41) is 18.3. The predicted octanol–water partition coefficient (Wildman–Crippen LogP) is 0.244. The first-order valence-electron chi connectivity index (χ1n) is 5.39. The molecule has 2 N–H and O–H groups in total. The molecule has 0 unspecified atom stereocenters. The number of aliphatic carboxylic acids is 2. The summed E-state index contributed by atoms with van der Waals surface area (Å²) in [7, 11) is 0. The Hall–Kier alpha value is -1.72. The molecule has 6 nitrogen and oxygen atoms in total. The number of hydrogen-bond acceptors (Lipinski definition) is 4. The Morgan fingerprint density at radius 3 is 1.53 bits per heavy atom. The summed E-state index contributed by atoms with van der Waals surface area (Å²) in [6.07, 6.45) is -0.569. The average molecular weight is 240 g/mol. The van der Waals surface area contributed by atoms with Crippen LogP contribution in [0.1, 0.15) is 32.1 Å². The Labute approximate surface area is 96.6 Å². The van der Waals surface area contributed by atoms with Crippen LogP contribution in [0.5, 0.6) is 0 Å². The number of rotatable bonds is 2. The van der Waals surface area contributed by atoms with Crippen LogP contribution in [0.3, 0.4) is 0 Å². The number of fused-ring (bicyclic) bond motifs is 4. The Morgan fingerprint density at radius 2 is 1.24 bits per heavy atom. The van der Waals surface area contributed by atoms with Crippen molar-refractivity contribution in [2.24, 2.45) is 10.8 Å². The third-order valence-corrected chi connectivity index (χ3v) is 4.02. The minimum Gasteiger partial charge on any atom is -0.480 e. The fourth-order valence-corrected chi connectivity index (χ4v) is 2.83. The van der Waals surface area contributed by atoms with Gasteiger partial charge in [-0.25, -0.2) is 0 Å². The first-order valence-corrected chi connectivity index (χ1v) is 5.39. The van der Waals surface area contributed by atoms with Crippen LogP contribution < -0.4 is 0 Å². The van der Waals surface area contributed by atoms with Crippen molar-refractivity contribution in [1.82, 2.24) is 0 Å². The highest BCUT2D eigenvalue weighted by atomic mass is 16.4. The molecule has 0 aromatic rings. The Kier molecular flexibility index (Phi) is 2.34. The van der Waals surface area contributed by atoms with Gasteiger partial charge < -0.3 is 10.2 Å². The molecule has 17 heavy (non-hydrogen) atoms. The lowest BCUT2D eigenvalue weighted by atomic mass is 9.63. The molecule has 3 saturated carbocycles. The second-order valence-corrected chi connectivity index (χ2v) is 4.83.